The standard InChI is InChI=1S/C10H9F2N3O3/c1-17-5-2-4(11)8(12)7(9(5)16)10-14-6(3-13)18-15-10/h2,16H,3,13H2,1H3. The van der Waals surface area contributed by atoms with Crippen LogP contribution in [0, 0.1) is 11.6 Å². The van der Waals surface area contributed by atoms with E-state index in [1.165, 1.54) is 7.11 Å². The molecule has 2 rings (SSSR count). The third kappa shape index (κ3) is 1.86. The molecule has 0 atom stereocenters. The van der Waals surface area contributed by atoms with Gasteiger partial charge in [0.15, 0.2) is 23.1 Å². The van der Waals surface area contributed by atoms with Crippen molar-refractivity contribution in [3.8, 4) is 22.9 Å². The van der Waals surface area contributed by atoms with E-state index in [1.54, 1.807) is 0 Å². The second-order valence-corrected chi connectivity index (χ2v) is 3.31. The number of ether oxygens (including phenoxy) is 1. The van der Waals surface area contributed by atoms with Gasteiger partial charge in [0.1, 0.15) is 5.56 Å². The lowest BCUT2D eigenvalue weighted by molar-refractivity contribution is 0.363. The zero-order chi connectivity index (χ0) is 13.3. The van der Waals surface area contributed by atoms with Gasteiger partial charge in [0.2, 0.25) is 11.7 Å². The number of rotatable bonds is 3. The Morgan fingerprint density at radius 3 is 2.78 bits per heavy atom. The lowest BCUT2D eigenvalue weighted by atomic mass is 10.1. The Morgan fingerprint density at radius 1 is 1.50 bits per heavy atom. The van der Waals surface area contributed by atoms with E-state index >= 15 is 0 Å². The summed E-state index contributed by atoms with van der Waals surface area (Å²) in [7, 11) is 1.21. The van der Waals surface area contributed by atoms with E-state index in [0.29, 0.717) is 0 Å². The maximum absolute atomic E-state index is 13.6. The van der Waals surface area contributed by atoms with Gasteiger partial charge >= 0.3 is 0 Å². The molecule has 0 aliphatic rings. The van der Waals surface area contributed by atoms with Gasteiger partial charge in [-0.25, -0.2) is 8.78 Å². The molecule has 0 bridgehead atoms. The van der Waals surface area contributed by atoms with Crippen molar-refractivity contribution in [3.05, 3.63) is 23.6 Å². The van der Waals surface area contributed by atoms with Gasteiger partial charge in [-0.05, 0) is 0 Å². The van der Waals surface area contributed by atoms with Crippen LogP contribution in [0.15, 0.2) is 10.6 Å². The first-order valence-electron chi connectivity index (χ1n) is 4.86. The Kier molecular flexibility index (Phi) is 3.11. The van der Waals surface area contributed by atoms with E-state index < -0.39 is 22.9 Å². The molecule has 18 heavy (non-hydrogen) atoms. The minimum absolute atomic E-state index is 0.0343. The summed E-state index contributed by atoms with van der Waals surface area (Å²) in [6.45, 7) is -0.0537. The van der Waals surface area contributed by atoms with Crippen LogP contribution in [0.1, 0.15) is 5.89 Å². The van der Waals surface area contributed by atoms with Crippen LogP contribution in [0.2, 0.25) is 0 Å². The molecular formula is C10H9F2N3O3. The third-order valence-electron chi connectivity index (χ3n) is 2.24. The average molecular weight is 257 g/mol. The Morgan fingerprint density at radius 2 is 2.22 bits per heavy atom. The SMILES string of the molecule is COc1cc(F)c(F)c(-c2noc(CN)n2)c1O. The molecule has 0 saturated carbocycles. The predicted octanol–water partition coefficient (Wildman–Crippen LogP) is 1.19. The Hall–Kier alpha value is -2.22. The van der Waals surface area contributed by atoms with Crippen LogP contribution < -0.4 is 10.5 Å². The number of phenolic OH excluding ortho intramolecular Hbond substituents is 1. The molecule has 8 heteroatoms. The van der Waals surface area contributed by atoms with Crippen molar-refractivity contribution < 1.29 is 23.1 Å². The number of hydrogen-bond acceptors (Lipinski definition) is 6. The molecule has 0 saturated heterocycles. The normalized spacial score (nSPS) is 10.7. The van der Waals surface area contributed by atoms with Crippen molar-refractivity contribution in [1.29, 1.82) is 0 Å². The summed E-state index contributed by atoms with van der Waals surface area (Å²) in [6, 6.07) is 0.720. The van der Waals surface area contributed by atoms with Crippen molar-refractivity contribution in [3.63, 3.8) is 0 Å². The molecule has 0 unspecified atom stereocenters. The van der Waals surface area contributed by atoms with Crippen LogP contribution in [0.4, 0.5) is 8.78 Å². The van der Waals surface area contributed by atoms with E-state index in [9.17, 15) is 13.9 Å². The van der Waals surface area contributed by atoms with Gasteiger partial charge in [0, 0.05) is 6.07 Å². The fourth-order valence-electron chi connectivity index (χ4n) is 1.39. The molecule has 0 radical (unpaired) electrons. The molecule has 0 aliphatic heterocycles. The fourth-order valence-corrected chi connectivity index (χ4v) is 1.39. The summed E-state index contributed by atoms with van der Waals surface area (Å²) in [6.07, 6.45) is 0. The Labute approximate surface area is 100.0 Å². The number of benzene rings is 1. The molecule has 3 N–H and O–H groups in total. The van der Waals surface area contributed by atoms with Crippen LogP contribution in [-0.4, -0.2) is 22.4 Å². The summed E-state index contributed by atoms with van der Waals surface area (Å²) < 4.78 is 36.3. The maximum Gasteiger partial charge on any atom is 0.240 e. The van der Waals surface area contributed by atoms with Gasteiger partial charge in [0.25, 0.3) is 0 Å². The van der Waals surface area contributed by atoms with E-state index in [4.69, 9.17) is 10.5 Å². The third-order valence-corrected chi connectivity index (χ3v) is 2.24. The van der Waals surface area contributed by atoms with E-state index in [1.807, 2.05) is 0 Å². The van der Waals surface area contributed by atoms with Crippen molar-refractivity contribution in [2.45, 2.75) is 6.54 Å². The smallest absolute Gasteiger partial charge is 0.240 e. The number of halogens is 2. The van der Waals surface area contributed by atoms with E-state index in [0.717, 1.165) is 6.07 Å². The van der Waals surface area contributed by atoms with Gasteiger partial charge in [-0.1, -0.05) is 5.16 Å². The Bertz CT molecular complexity index is 586. The van der Waals surface area contributed by atoms with Crippen LogP contribution in [0.5, 0.6) is 11.5 Å². The van der Waals surface area contributed by atoms with E-state index in [-0.39, 0.29) is 24.0 Å². The molecule has 1 aromatic heterocycles. The van der Waals surface area contributed by atoms with Crippen LogP contribution in [0.3, 0.4) is 0 Å². The second-order valence-electron chi connectivity index (χ2n) is 3.31. The molecule has 0 spiro atoms. The highest BCUT2D eigenvalue weighted by Crippen LogP contribution is 2.39. The lowest BCUT2D eigenvalue weighted by Gasteiger charge is -2.07. The first-order chi connectivity index (χ1) is 8.58. The zero-order valence-corrected chi connectivity index (χ0v) is 9.28. The summed E-state index contributed by atoms with van der Waals surface area (Å²) in [5, 5.41) is 13.2. The highest BCUT2D eigenvalue weighted by Gasteiger charge is 2.24. The van der Waals surface area contributed by atoms with Crippen molar-refractivity contribution >= 4 is 0 Å². The molecule has 1 aromatic carbocycles. The first kappa shape index (κ1) is 12.2. The predicted molar refractivity (Wildman–Crippen MR) is 55.8 cm³/mol. The van der Waals surface area contributed by atoms with Crippen LogP contribution in [-0.2, 0) is 6.54 Å². The molecule has 0 fully saturated rings. The van der Waals surface area contributed by atoms with Gasteiger partial charge < -0.3 is 20.1 Å². The van der Waals surface area contributed by atoms with Crippen LogP contribution >= 0.6 is 0 Å². The maximum atomic E-state index is 13.6. The Balaban J connectivity index is 2.65. The minimum Gasteiger partial charge on any atom is -0.504 e. The molecule has 96 valence electrons. The summed E-state index contributed by atoms with van der Waals surface area (Å²) in [5.41, 5.74) is 4.72. The lowest BCUT2D eigenvalue weighted by Crippen LogP contribution is -1.98. The number of aromatic nitrogens is 2. The van der Waals surface area contributed by atoms with Gasteiger partial charge in [-0.2, -0.15) is 4.98 Å². The fraction of sp³-hybridized carbons (Fsp3) is 0.200. The monoisotopic (exact) mass is 257 g/mol. The summed E-state index contributed by atoms with van der Waals surface area (Å²) >= 11 is 0. The quantitative estimate of drug-likeness (QED) is 0.857. The molecule has 0 aliphatic carbocycles. The van der Waals surface area contributed by atoms with Crippen molar-refractivity contribution in [2.75, 3.05) is 7.11 Å². The highest BCUT2D eigenvalue weighted by atomic mass is 19.2. The summed E-state index contributed by atoms with van der Waals surface area (Å²) in [5.74, 6) is -3.60. The number of methoxy groups -OCH3 is 1. The molecule has 6 nitrogen and oxygen atoms in total. The molecular weight excluding hydrogens is 248 g/mol. The van der Waals surface area contributed by atoms with Crippen LogP contribution in [0.25, 0.3) is 11.4 Å². The second kappa shape index (κ2) is 4.57. The number of hydrogen-bond donors (Lipinski definition) is 2. The molecule has 0 amide bonds. The van der Waals surface area contributed by atoms with Gasteiger partial charge in [-0.15, -0.1) is 0 Å². The van der Waals surface area contributed by atoms with Gasteiger partial charge in [0.05, 0.1) is 13.7 Å². The van der Waals surface area contributed by atoms with Gasteiger partial charge in [-0.3, -0.25) is 0 Å². The van der Waals surface area contributed by atoms with E-state index in [2.05, 4.69) is 14.7 Å². The van der Waals surface area contributed by atoms with Crippen molar-refractivity contribution in [2.24, 2.45) is 5.73 Å². The number of nitrogens with two attached hydrogens (primary N) is 1. The number of phenols is 1. The van der Waals surface area contributed by atoms with Crippen molar-refractivity contribution in [1.82, 2.24) is 10.1 Å². The summed E-state index contributed by atoms with van der Waals surface area (Å²) in [4.78, 5) is 3.71. The minimum atomic E-state index is -1.29. The number of nitrogens with zero attached hydrogens (tertiary/aromatic N) is 2. The first-order valence-corrected chi connectivity index (χ1v) is 4.86. The molecule has 2 aromatic rings. The largest absolute Gasteiger partial charge is 0.504 e. The average Bonchev–Trinajstić information content (AvgIpc) is 2.82. The number of aromatic hydroxyl groups is 1. The topological polar surface area (TPSA) is 94.4 Å². The zero-order valence-electron chi connectivity index (χ0n) is 9.28. The molecule has 1 heterocycles. The highest BCUT2D eigenvalue weighted by molar-refractivity contribution is 5.68.